The summed E-state index contributed by atoms with van der Waals surface area (Å²) in [6.45, 7) is 13.9. The second-order valence-electron chi connectivity index (χ2n) is 14.4. The van der Waals surface area contributed by atoms with Crippen molar-refractivity contribution in [2.24, 2.45) is 23.7 Å². The first-order valence-corrected chi connectivity index (χ1v) is 16.4. The summed E-state index contributed by atoms with van der Waals surface area (Å²) in [6.07, 6.45) is 8.33. The summed E-state index contributed by atoms with van der Waals surface area (Å²) >= 11 is 0. The summed E-state index contributed by atoms with van der Waals surface area (Å²) in [5.41, 5.74) is 0.369. The molecule has 45 heavy (non-hydrogen) atoms. The maximum absolute atomic E-state index is 14.0. The van der Waals surface area contributed by atoms with E-state index >= 15 is 0 Å². The van der Waals surface area contributed by atoms with E-state index < -0.39 is 53.7 Å². The fourth-order valence-corrected chi connectivity index (χ4v) is 7.77. The summed E-state index contributed by atoms with van der Waals surface area (Å²) in [5, 5.41) is 34.2. The quantitative estimate of drug-likeness (QED) is 0.297. The summed E-state index contributed by atoms with van der Waals surface area (Å²) < 4.78 is 25.1. The van der Waals surface area contributed by atoms with Crippen LogP contribution in [0.5, 0.6) is 0 Å². The Labute approximate surface area is 266 Å². The molecule has 1 aliphatic carbocycles. The molecule has 0 aromatic heterocycles. The van der Waals surface area contributed by atoms with Gasteiger partial charge in [0.25, 0.3) is 0 Å². The Hall–Kier alpha value is -2.56. The van der Waals surface area contributed by atoms with Crippen LogP contribution in [0.2, 0.25) is 0 Å². The Balaban J connectivity index is 1.54. The zero-order valence-electron chi connectivity index (χ0n) is 27.6. The monoisotopic (exact) mass is 626 g/mol. The largest absolute Gasteiger partial charge is 0.462 e. The molecular formula is C36H50O9. The van der Waals surface area contributed by atoms with E-state index in [0.717, 1.165) is 17.6 Å². The molecule has 1 spiro atoms. The van der Waals surface area contributed by atoms with Crippen LogP contribution in [-0.2, 0) is 28.5 Å². The first-order chi connectivity index (χ1) is 21.1. The van der Waals surface area contributed by atoms with Crippen molar-refractivity contribution in [3.8, 4) is 0 Å². The van der Waals surface area contributed by atoms with E-state index in [2.05, 4.69) is 39.8 Å². The molecule has 3 saturated heterocycles. The molecule has 0 saturated carbocycles. The molecule has 4 aliphatic heterocycles. The van der Waals surface area contributed by atoms with Gasteiger partial charge in [-0.05, 0) is 62.7 Å². The predicted octanol–water partition coefficient (Wildman–Crippen LogP) is 4.61. The lowest BCUT2D eigenvalue weighted by molar-refractivity contribution is -0.342. The van der Waals surface area contributed by atoms with Gasteiger partial charge in [0.05, 0.1) is 23.9 Å². The van der Waals surface area contributed by atoms with E-state index in [1.165, 1.54) is 12.2 Å². The number of esters is 2. The molecule has 3 fully saturated rings. The molecule has 3 N–H and O–H groups in total. The molecular weight excluding hydrogens is 576 g/mol. The van der Waals surface area contributed by atoms with Gasteiger partial charge in [0.15, 0.2) is 17.5 Å². The number of carbonyl (C=O) groups is 2. The lowest BCUT2D eigenvalue weighted by atomic mass is 9.70. The molecule has 0 radical (unpaired) electrons. The van der Waals surface area contributed by atoms with Crippen molar-refractivity contribution in [3.63, 3.8) is 0 Å². The number of fused-ring (bicyclic) bond motifs is 2. The fourth-order valence-electron chi connectivity index (χ4n) is 7.77. The number of hydrogen-bond acceptors (Lipinski definition) is 9. The highest BCUT2D eigenvalue weighted by Gasteiger charge is 2.64. The Morgan fingerprint density at radius 1 is 1.07 bits per heavy atom. The summed E-state index contributed by atoms with van der Waals surface area (Å²) in [5.74, 6) is -3.73. The van der Waals surface area contributed by atoms with Crippen LogP contribution < -0.4 is 0 Å². The number of hydrogen-bond donors (Lipinski definition) is 3. The van der Waals surface area contributed by atoms with Gasteiger partial charge in [0.2, 0.25) is 0 Å². The molecule has 5 rings (SSSR count). The average molecular weight is 627 g/mol. The van der Waals surface area contributed by atoms with E-state index in [4.69, 9.17) is 18.9 Å². The molecule has 9 heteroatoms. The highest BCUT2D eigenvalue weighted by atomic mass is 16.7. The van der Waals surface area contributed by atoms with E-state index in [-0.39, 0.29) is 42.5 Å². The topological polar surface area (TPSA) is 132 Å². The van der Waals surface area contributed by atoms with E-state index in [9.17, 15) is 24.9 Å². The van der Waals surface area contributed by atoms with Crippen LogP contribution in [0.4, 0.5) is 0 Å². The van der Waals surface area contributed by atoms with Gasteiger partial charge in [-0.1, -0.05) is 63.6 Å². The zero-order chi connectivity index (χ0) is 32.8. The molecule has 0 aromatic carbocycles. The van der Waals surface area contributed by atoms with Crippen LogP contribution in [0.3, 0.4) is 0 Å². The normalized spacial score (nSPS) is 42.9. The Bertz CT molecular complexity index is 1320. The molecule has 248 valence electrons. The molecule has 2 bridgehead atoms. The Morgan fingerprint density at radius 2 is 1.80 bits per heavy atom. The van der Waals surface area contributed by atoms with Gasteiger partial charge in [-0.3, -0.25) is 4.79 Å². The third-order valence-corrected chi connectivity index (χ3v) is 10.0. The van der Waals surface area contributed by atoms with Crippen LogP contribution in [0, 0.1) is 23.7 Å². The molecule has 9 nitrogen and oxygen atoms in total. The number of aliphatic hydroxyl groups excluding tert-OH is 2. The van der Waals surface area contributed by atoms with Gasteiger partial charge in [-0.25, -0.2) is 4.79 Å². The van der Waals surface area contributed by atoms with Crippen LogP contribution in [-0.4, -0.2) is 75.3 Å². The summed E-state index contributed by atoms with van der Waals surface area (Å²) in [7, 11) is 0. The lowest BCUT2D eigenvalue weighted by Gasteiger charge is -2.51. The minimum absolute atomic E-state index is 0.0932. The molecule has 5 aliphatic rings. The van der Waals surface area contributed by atoms with Gasteiger partial charge < -0.3 is 34.3 Å². The predicted molar refractivity (Wildman–Crippen MR) is 167 cm³/mol. The van der Waals surface area contributed by atoms with Crippen molar-refractivity contribution in [2.45, 2.75) is 129 Å². The Morgan fingerprint density at radius 3 is 2.51 bits per heavy atom. The number of allylic oxidation sites excluding steroid dienone is 5. The number of aliphatic hydroxyl groups is 3. The zero-order valence-corrected chi connectivity index (χ0v) is 27.6. The van der Waals surface area contributed by atoms with Crippen molar-refractivity contribution in [1.82, 2.24) is 0 Å². The Kier molecular flexibility index (Phi) is 9.70. The number of ether oxygens (including phenoxy) is 4. The molecule has 0 aromatic rings. The van der Waals surface area contributed by atoms with Crippen LogP contribution >= 0.6 is 0 Å². The van der Waals surface area contributed by atoms with Crippen molar-refractivity contribution >= 4 is 11.9 Å². The number of carbonyl (C=O) groups excluding carboxylic acids is 2. The van der Waals surface area contributed by atoms with E-state index in [1.807, 2.05) is 19.9 Å². The van der Waals surface area contributed by atoms with Crippen LogP contribution in [0.15, 0.2) is 58.7 Å². The van der Waals surface area contributed by atoms with Crippen LogP contribution in [0.1, 0.15) is 80.6 Å². The van der Waals surface area contributed by atoms with Crippen molar-refractivity contribution in [3.05, 3.63) is 58.7 Å². The van der Waals surface area contributed by atoms with E-state index in [0.29, 0.717) is 24.3 Å². The second-order valence-corrected chi connectivity index (χ2v) is 14.4. The second kappa shape index (κ2) is 12.9. The highest BCUT2D eigenvalue weighted by Crippen LogP contribution is 2.48. The average Bonchev–Trinajstić information content (AvgIpc) is 3.21. The third-order valence-electron chi connectivity index (χ3n) is 10.0. The van der Waals surface area contributed by atoms with Gasteiger partial charge >= 0.3 is 11.9 Å². The highest BCUT2D eigenvalue weighted by molar-refractivity contribution is 5.97. The fraction of sp³-hybridized carbons (Fsp3) is 0.667. The maximum atomic E-state index is 14.0. The maximum Gasteiger partial charge on any atom is 0.337 e. The first-order valence-electron chi connectivity index (χ1n) is 16.4. The van der Waals surface area contributed by atoms with Gasteiger partial charge in [0.1, 0.15) is 18.1 Å². The van der Waals surface area contributed by atoms with Gasteiger partial charge in [-0.15, -0.1) is 0 Å². The third kappa shape index (κ3) is 6.65. The smallest absolute Gasteiger partial charge is 0.337 e. The van der Waals surface area contributed by atoms with Crippen molar-refractivity contribution in [1.29, 1.82) is 0 Å². The van der Waals surface area contributed by atoms with Crippen molar-refractivity contribution in [2.75, 3.05) is 0 Å². The van der Waals surface area contributed by atoms with Gasteiger partial charge in [0, 0.05) is 25.2 Å². The molecule has 0 unspecified atom stereocenters. The molecule has 11 atom stereocenters. The summed E-state index contributed by atoms with van der Waals surface area (Å²) in [6, 6.07) is 0. The lowest BCUT2D eigenvalue weighted by Crippen LogP contribution is -2.59. The summed E-state index contributed by atoms with van der Waals surface area (Å²) in [4.78, 5) is 27.1. The SMILES string of the molecule is CC1=CC[C@@H]2C[C@@H](C[C@]3(C[C@H](O)[C@H](C)[C@@H](/C(C)=C/C(C)C)O3)O2)OC(=O)[C@@H]2C=C(C)[C@@H](O)[C@H]3OC(=O)C(=CC=C[C@H](C)C1)[C@]32O. The van der Waals surface area contributed by atoms with Crippen LogP contribution in [0.25, 0.3) is 0 Å². The number of rotatable bonds is 2. The molecule has 4 heterocycles. The van der Waals surface area contributed by atoms with E-state index in [1.54, 1.807) is 13.0 Å². The first kappa shape index (κ1) is 33.8. The molecule has 0 amide bonds. The van der Waals surface area contributed by atoms with Crippen molar-refractivity contribution < 1.29 is 43.9 Å². The van der Waals surface area contributed by atoms with Gasteiger partial charge in [-0.2, -0.15) is 0 Å². The minimum Gasteiger partial charge on any atom is -0.462 e. The minimum atomic E-state index is -2.12. The standard InChI is InChI=1S/C36H50O9/c1-19(2)13-23(6)31-24(7)29(37)18-35(45-31)17-26-16-25(44-35)12-11-21(4)14-20(3)9-8-10-27-33(39)43-32-30(38)22(5)15-28(34(40)42-26)36(27,32)41/h8-11,13,15,19-20,24-26,28-32,37-38,41H,12,14,16-18H2,1-7H3/b9-8?,21-11?,23-13+,27-10?/t20-,24-,25+,26-,28-,29-,30+,31+,32+,35-,36+/m0/s1.